The Labute approximate surface area is 220 Å². The van der Waals surface area contributed by atoms with Gasteiger partial charge in [-0.15, -0.1) is 11.3 Å². The van der Waals surface area contributed by atoms with Gasteiger partial charge in [0.25, 0.3) is 5.89 Å². The van der Waals surface area contributed by atoms with Crippen LogP contribution in [0.15, 0.2) is 75.6 Å². The average molecular weight is 508 g/mol. The zero-order chi connectivity index (χ0) is 25.9. The minimum atomic E-state index is 0.0278. The number of oxazole rings is 2. The van der Waals surface area contributed by atoms with Crippen molar-refractivity contribution in [2.45, 2.75) is 52.4 Å². The van der Waals surface area contributed by atoms with Gasteiger partial charge in [0.1, 0.15) is 15.9 Å². The fraction of sp³-hybridized carbons (Fsp3) is 0.258. The van der Waals surface area contributed by atoms with Crippen LogP contribution in [-0.2, 0) is 10.8 Å². The van der Waals surface area contributed by atoms with Crippen LogP contribution in [0.2, 0.25) is 0 Å². The summed E-state index contributed by atoms with van der Waals surface area (Å²) in [5.41, 5.74) is 7.46. The van der Waals surface area contributed by atoms with E-state index in [1.165, 1.54) is 22.5 Å². The molecular weight excluding hydrogens is 478 g/mol. The average Bonchev–Trinajstić information content (AvgIpc) is 3.58. The Morgan fingerprint density at radius 3 is 1.73 bits per heavy atom. The molecule has 0 N–H and O–H groups in total. The highest BCUT2D eigenvalue weighted by atomic mass is 32.1. The summed E-state index contributed by atoms with van der Waals surface area (Å²) < 4.78 is 12.4. The van der Waals surface area contributed by atoms with E-state index in [0.717, 1.165) is 38.3 Å². The van der Waals surface area contributed by atoms with Crippen LogP contribution in [0.3, 0.4) is 0 Å². The normalized spacial score (nSPS) is 12.6. The summed E-state index contributed by atoms with van der Waals surface area (Å²) >= 11 is 1.49. The molecule has 3 aromatic heterocycles. The molecular formula is C31H29N3O2S. The van der Waals surface area contributed by atoms with Crippen molar-refractivity contribution in [3.63, 3.8) is 0 Å². The van der Waals surface area contributed by atoms with E-state index >= 15 is 0 Å². The SMILES string of the molecule is CC(C)(C)c1ccc2oc(-c3nc(-c4ccccc4)c(-c4nc5cc(C(C)(C)C)ccc5o4)s3)nc2c1. The minimum absolute atomic E-state index is 0.0278. The molecule has 0 aliphatic rings. The molecule has 0 unspecified atom stereocenters. The minimum Gasteiger partial charge on any atom is -0.435 e. The molecule has 3 heterocycles. The van der Waals surface area contributed by atoms with Gasteiger partial charge in [0.15, 0.2) is 16.2 Å². The quantitative estimate of drug-likeness (QED) is 0.239. The molecule has 0 fully saturated rings. The molecule has 0 radical (unpaired) electrons. The van der Waals surface area contributed by atoms with E-state index < -0.39 is 0 Å². The maximum absolute atomic E-state index is 6.25. The Hall–Kier alpha value is -3.77. The lowest BCUT2D eigenvalue weighted by Crippen LogP contribution is -2.10. The second-order valence-corrected chi connectivity index (χ2v) is 12.5. The summed E-state index contributed by atoms with van der Waals surface area (Å²) in [5.74, 6) is 1.05. The number of hydrogen-bond acceptors (Lipinski definition) is 6. The van der Waals surface area contributed by atoms with Gasteiger partial charge in [-0.3, -0.25) is 0 Å². The summed E-state index contributed by atoms with van der Waals surface area (Å²) in [6.07, 6.45) is 0. The van der Waals surface area contributed by atoms with E-state index in [1.54, 1.807) is 0 Å². The Morgan fingerprint density at radius 2 is 1.16 bits per heavy atom. The molecule has 0 atom stereocenters. The first-order valence-electron chi connectivity index (χ1n) is 12.5. The Bertz CT molecular complexity index is 1740. The van der Waals surface area contributed by atoms with Crippen LogP contribution in [0, 0.1) is 0 Å². The molecule has 5 nitrogen and oxygen atoms in total. The third-order valence-corrected chi connectivity index (χ3v) is 7.59. The first kappa shape index (κ1) is 23.6. The van der Waals surface area contributed by atoms with Gasteiger partial charge in [-0.1, -0.05) is 84.0 Å². The van der Waals surface area contributed by atoms with Crippen LogP contribution in [0.5, 0.6) is 0 Å². The third kappa shape index (κ3) is 4.36. The molecule has 6 rings (SSSR count). The van der Waals surface area contributed by atoms with Crippen molar-refractivity contribution in [1.29, 1.82) is 0 Å². The highest BCUT2D eigenvalue weighted by Crippen LogP contribution is 2.42. The monoisotopic (exact) mass is 507 g/mol. The second-order valence-electron chi connectivity index (χ2n) is 11.5. The topological polar surface area (TPSA) is 65.0 Å². The fourth-order valence-corrected chi connectivity index (χ4v) is 5.26. The predicted molar refractivity (Wildman–Crippen MR) is 151 cm³/mol. The smallest absolute Gasteiger partial charge is 0.256 e. The third-order valence-electron chi connectivity index (χ3n) is 6.56. The number of thiazole rings is 1. The molecule has 6 heteroatoms. The van der Waals surface area contributed by atoms with Crippen molar-refractivity contribution in [1.82, 2.24) is 15.0 Å². The number of nitrogens with zero attached hydrogens (tertiary/aromatic N) is 3. The molecule has 0 amide bonds. The van der Waals surface area contributed by atoms with Gasteiger partial charge in [-0.2, -0.15) is 0 Å². The van der Waals surface area contributed by atoms with Gasteiger partial charge in [0, 0.05) is 5.56 Å². The predicted octanol–water partition coefficient (Wildman–Crippen LogP) is 9.02. The second kappa shape index (κ2) is 8.38. The summed E-state index contributed by atoms with van der Waals surface area (Å²) in [5, 5.41) is 0.694. The molecule has 0 aliphatic carbocycles. The van der Waals surface area contributed by atoms with E-state index in [9.17, 15) is 0 Å². The van der Waals surface area contributed by atoms with Crippen molar-refractivity contribution in [3.05, 3.63) is 77.9 Å². The molecule has 37 heavy (non-hydrogen) atoms. The standard InChI is InChI=1S/C31H29N3O2S/c1-30(2,3)19-12-14-23-21(16-19)32-27(35-23)26-25(18-10-8-7-9-11-18)34-29(37-26)28-33-22-17-20(31(4,5)6)13-15-24(22)36-28/h7-17H,1-6H3. The summed E-state index contributed by atoms with van der Waals surface area (Å²) in [6.45, 7) is 13.2. The van der Waals surface area contributed by atoms with Gasteiger partial charge in [0.05, 0.1) is 5.69 Å². The Balaban J connectivity index is 1.50. The van der Waals surface area contributed by atoms with Gasteiger partial charge >= 0.3 is 0 Å². The van der Waals surface area contributed by atoms with Gasteiger partial charge < -0.3 is 8.83 Å². The number of benzene rings is 3. The van der Waals surface area contributed by atoms with Crippen molar-refractivity contribution in [2.75, 3.05) is 0 Å². The molecule has 6 aromatic rings. The lowest BCUT2D eigenvalue weighted by Gasteiger charge is -2.18. The summed E-state index contributed by atoms with van der Waals surface area (Å²) in [7, 11) is 0. The van der Waals surface area contributed by atoms with E-state index in [4.69, 9.17) is 23.8 Å². The fourth-order valence-electron chi connectivity index (χ4n) is 4.32. The molecule has 3 aromatic carbocycles. The highest BCUT2D eigenvalue weighted by molar-refractivity contribution is 7.18. The number of aromatic nitrogens is 3. The zero-order valence-electron chi connectivity index (χ0n) is 21.9. The number of rotatable bonds is 3. The maximum atomic E-state index is 6.25. The largest absolute Gasteiger partial charge is 0.435 e. The summed E-state index contributed by atoms with van der Waals surface area (Å²) in [4.78, 5) is 15.5. The van der Waals surface area contributed by atoms with Crippen LogP contribution in [-0.4, -0.2) is 15.0 Å². The first-order valence-corrected chi connectivity index (χ1v) is 13.3. The molecule has 0 saturated carbocycles. The molecule has 0 saturated heterocycles. The van der Waals surface area contributed by atoms with E-state index in [2.05, 4.69) is 65.8 Å². The lowest BCUT2D eigenvalue weighted by atomic mass is 9.87. The zero-order valence-corrected chi connectivity index (χ0v) is 22.7. The van der Waals surface area contributed by atoms with Gasteiger partial charge in [-0.05, 0) is 46.2 Å². The van der Waals surface area contributed by atoms with Crippen LogP contribution < -0.4 is 0 Å². The van der Waals surface area contributed by atoms with Gasteiger partial charge in [-0.25, -0.2) is 15.0 Å². The maximum Gasteiger partial charge on any atom is 0.256 e. The van der Waals surface area contributed by atoms with Crippen molar-refractivity contribution < 1.29 is 8.83 Å². The lowest BCUT2D eigenvalue weighted by molar-refractivity contribution is 0.589. The van der Waals surface area contributed by atoms with Crippen molar-refractivity contribution in [3.8, 4) is 32.9 Å². The Kier molecular flexibility index (Phi) is 5.35. The van der Waals surface area contributed by atoms with Crippen LogP contribution in [0.25, 0.3) is 55.1 Å². The molecule has 186 valence electrons. The van der Waals surface area contributed by atoms with Crippen LogP contribution in [0.1, 0.15) is 52.7 Å². The highest BCUT2D eigenvalue weighted by Gasteiger charge is 2.24. The number of fused-ring (bicyclic) bond motifs is 2. The van der Waals surface area contributed by atoms with Crippen molar-refractivity contribution >= 4 is 33.5 Å². The van der Waals surface area contributed by atoms with E-state index in [0.29, 0.717) is 16.8 Å². The molecule has 0 aliphatic heterocycles. The summed E-state index contributed by atoms with van der Waals surface area (Å²) in [6, 6.07) is 22.5. The van der Waals surface area contributed by atoms with Crippen LogP contribution in [0.4, 0.5) is 0 Å². The van der Waals surface area contributed by atoms with Crippen molar-refractivity contribution in [2.24, 2.45) is 0 Å². The van der Waals surface area contributed by atoms with E-state index in [1.807, 2.05) is 42.5 Å². The molecule has 0 bridgehead atoms. The molecule has 0 spiro atoms. The van der Waals surface area contributed by atoms with Gasteiger partial charge in [0.2, 0.25) is 5.89 Å². The van der Waals surface area contributed by atoms with Crippen LogP contribution >= 0.6 is 11.3 Å². The Morgan fingerprint density at radius 1 is 0.622 bits per heavy atom. The first-order chi connectivity index (χ1) is 17.6. The van der Waals surface area contributed by atoms with E-state index in [-0.39, 0.29) is 10.8 Å². The number of hydrogen-bond donors (Lipinski definition) is 0.